The summed E-state index contributed by atoms with van der Waals surface area (Å²) in [6.07, 6.45) is 0.917. The van der Waals surface area contributed by atoms with Gasteiger partial charge < -0.3 is 10.2 Å². The molecule has 0 aliphatic rings. The highest BCUT2D eigenvalue weighted by molar-refractivity contribution is 5.93. The topological polar surface area (TPSA) is 33.5 Å². The molecule has 0 radical (unpaired) electrons. The minimum Gasteiger partial charge on any atom is -0.326 e. The molecule has 0 spiro atoms. The summed E-state index contributed by atoms with van der Waals surface area (Å²) < 4.78 is 0. The number of amides is 1. The van der Waals surface area contributed by atoms with E-state index < -0.39 is 0 Å². The van der Waals surface area contributed by atoms with Crippen LogP contribution in [0.15, 0.2) is 42.5 Å². The number of hydrogen-bond donors (Lipinski definition) is 2. The van der Waals surface area contributed by atoms with Gasteiger partial charge in [0.25, 0.3) is 5.91 Å². The van der Waals surface area contributed by atoms with Gasteiger partial charge in [-0.3, -0.25) is 4.79 Å². The zero-order valence-electron chi connectivity index (χ0n) is 17.1. The first-order valence-electron chi connectivity index (χ1n) is 9.49. The molecule has 0 saturated heterocycles. The largest absolute Gasteiger partial charge is 0.326 e. The number of benzene rings is 2. The van der Waals surface area contributed by atoms with Gasteiger partial charge in [0, 0.05) is 11.3 Å². The minimum absolute atomic E-state index is 0.0674. The molecule has 0 fully saturated rings. The van der Waals surface area contributed by atoms with Gasteiger partial charge in [0.2, 0.25) is 0 Å². The summed E-state index contributed by atoms with van der Waals surface area (Å²) in [4.78, 5) is 13.7. The fraction of sp³-hybridized carbons (Fsp3) is 0.435. The Hall–Kier alpha value is -2.13. The van der Waals surface area contributed by atoms with E-state index in [2.05, 4.69) is 70.4 Å². The van der Waals surface area contributed by atoms with Crippen LogP contribution in [0.2, 0.25) is 0 Å². The number of para-hydroxylation sites is 1. The number of carbonyl (C=O) groups excluding carboxylic acids is 1. The van der Waals surface area contributed by atoms with Crippen molar-refractivity contribution >= 4 is 11.6 Å². The maximum absolute atomic E-state index is 12.5. The van der Waals surface area contributed by atoms with E-state index in [0.717, 1.165) is 24.2 Å². The van der Waals surface area contributed by atoms with Crippen molar-refractivity contribution < 1.29 is 9.69 Å². The van der Waals surface area contributed by atoms with Crippen LogP contribution in [0.25, 0.3) is 0 Å². The lowest BCUT2D eigenvalue weighted by Crippen LogP contribution is -3.08. The highest BCUT2D eigenvalue weighted by Gasteiger charge is 2.15. The van der Waals surface area contributed by atoms with Crippen LogP contribution in [-0.2, 0) is 23.2 Å². The summed E-state index contributed by atoms with van der Waals surface area (Å²) in [7, 11) is 2.07. The van der Waals surface area contributed by atoms with E-state index in [1.54, 1.807) is 0 Å². The Labute approximate surface area is 158 Å². The van der Waals surface area contributed by atoms with Crippen molar-refractivity contribution in [3.63, 3.8) is 0 Å². The number of aryl methyl sites for hydroxylation is 2. The van der Waals surface area contributed by atoms with Gasteiger partial charge in [-0.25, -0.2) is 0 Å². The molecule has 26 heavy (non-hydrogen) atoms. The van der Waals surface area contributed by atoms with Gasteiger partial charge in [-0.15, -0.1) is 0 Å². The summed E-state index contributed by atoms with van der Waals surface area (Å²) >= 11 is 0. The Morgan fingerprint density at radius 2 is 1.73 bits per heavy atom. The van der Waals surface area contributed by atoms with E-state index in [1.165, 1.54) is 21.6 Å². The number of carbonyl (C=O) groups is 1. The van der Waals surface area contributed by atoms with Crippen LogP contribution in [0.4, 0.5) is 5.69 Å². The van der Waals surface area contributed by atoms with Gasteiger partial charge >= 0.3 is 0 Å². The molecule has 2 N–H and O–H groups in total. The molecule has 0 heterocycles. The van der Waals surface area contributed by atoms with Crippen LogP contribution in [0, 0.1) is 6.92 Å². The van der Waals surface area contributed by atoms with Crippen LogP contribution in [0.3, 0.4) is 0 Å². The van der Waals surface area contributed by atoms with Gasteiger partial charge in [0.15, 0.2) is 6.54 Å². The number of hydrogen-bond acceptors (Lipinski definition) is 1. The molecule has 1 unspecified atom stereocenters. The van der Waals surface area contributed by atoms with Crippen LogP contribution < -0.4 is 10.2 Å². The first kappa shape index (κ1) is 20.2. The Morgan fingerprint density at radius 1 is 1.08 bits per heavy atom. The van der Waals surface area contributed by atoms with E-state index in [-0.39, 0.29) is 11.3 Å². The molecule has 3 heteroatoms. The number of nitrogens with one attached hydrogen (secondary N) is 2. The Balaban J connectivity index is 1.95. The lowest BCUT2D eigenvalue weighted by Gasteiger charge is -2.20. The molecule has 2 rings (SSSR count). The molecule has 0 bridgehead atoms. The SMILES string of the molecule is CCc1cccc(C)c1NC(=O)C[NH+](C)Cc1ccc(C(C)(C)C)cc1. The predicted octanol–water partition coefficient (Wildman–Crippen LogP) is 3.51. The molecule has 1 amide bonds. The standard InChI is InChI=1S/C23H32N2O/c1-7-19-10-8-9-17(2)22(19)24-21(26)16-25(6)15-18-11-13-20(14-12-18)23(3,4)5/h8-14H,7,15-16H2,1-6H3,(H,24,26)/p+1. The summed E-state index contributed by atoms with van der Waals surface area (Å²) in [5, 5.41) is 3.12. The fourth-order valence-electron chi connectivity index (χ4n) is 3.19. The monoisotopic (exact) mass is 353 g/mol. The minimum atomic E-state index is 0.0674. The van der Waals surface area contributed by atoms with E-state index in [4.69, 9.17) is 0 Å². The second-order valence-corrected chi connectivity index (χ2v) is 8.27. The molecular formula is C23H33N2O+. The van der Waals surface area contributed by atoms with Crippen molar-refractivity contribution in [2.45, 2.75) is 53.0 Å². The van der Waals surface area contributed by atoms with Gasteiger partial charge in [-0.05, 0) is 35.4 Å². The second kappa shape index (κ2) is 8.50. The van der Waals surface area contributed by atoms with E-state index in [9.17, 15) is 4.79 Å². The van der Waals surface area contributed by atoms with Crippen LogP contribution in [0.1, 0.15) is 49.9 Å². The molecule has 2 aromatic rings. The first-order valence-corrected chi connectivity index (χ1v) is 9.49. The highest BCUT2D eigenvalue weighted by atomic mass is 16.2. The Morgan fingerprint density at radius 3 is 2.31 bits per heavy atom. The first-order chi connectivity index (χ1) is 12.2. The number of quaternary nitrogens is 1. The van der Waals surface area contributed by atoms with E-state index >= 15 is 0 Å². The summed E-state index contributed by atoms with van der Waals surface area (Å²) in [5.41, 5.74) is 6.04. The smallest absolute Gasteiger partial charge is 0.279 e. The van der Waals surface area contributed by atoms with Crippen molar-refractivity contribution in [1.29, 1.82) is 0 Å². The highest BCUT2D eigenvalue weighted by Crippen LogP contribution is 2.22. The van der Waals surface area contributed by atoms with Crippen molar-refractivity contribution in [3.05, 3.63) is 64.7 Å². The van der Waals surface area contributed by atoms with Crippen molar-refractivity contribution in [2.24, 2.45) is 0 Å². The molecule has 1 atom stereocenters. The van der Waals surface area contributed by atoms with Crippen molar-refractivity contribution in [3.8, 4) is 0 Å². The molecule has 0 aliphatic heterocycles. The maximum atomic E-state index is 12.5. The summed E-state index contributed by atoms with van der Waals surface area (Å²) in [6.45, 7) is 12.1. The fourth-order valence-corrected chi connectivity index (χ4v) is 3.19. The van der Waals surface area contributed by atoms with Gasteiger partial charge in [0.1, 0.15) is 6.54 Å². The lowest BCUT2D eigenvalue weighted by atomic mass is 9.87. The molecule has 2 aromatic carbocycles. The average Bonchev–Trinajstić information content (AvgIpc) is 2.56. The van der Waals surface area contributed by atoms with Crippen molar-refractivity contribution in [2.75, 3.05) is 18.9 Å². The average molecular weight is 354 g/mol. The van der Waals surface area contributed by atoms with E-state index in [1.807, 2.05) is 19.1 Å². The van der Waals surface area contributed by atoms with Gasteiger partial charge in [-0.1, -0.05) is 70.2 Å². The third kappa shape index (κ3) is 5.43. The third-order valence-corrected chi connectivity index (χ3v) is 4.79. The van der Waals surface area contributed by atoms with Crippen molar-refractivity contribution in [1.82, 2.24) is 0 Å². The lowest BCUT2D eigenvalue weighted by molar-refractivity contribution is -0.885. The quantitative estimate of drug-likeness (QED) is 0.819. The predicted molar refractivity (Wildman–Crippen MR) is 110 cm³/mol. The van der Waals surface area contributed by atoms with Crippen LogP contribution >= 0.6 is 0 Å². The van der Waals surface area contributed by atoms with Crippen LogP contribution in [-0.4, -0.2) is 19.5 Å². The normalized spacial score (nSPS) is 12.7. The zero-order chi connectivity index (χ0) is 19.3. The molecule has 3 nitrogen and oxygen atoms in total. The molecular weight excluding hydrogens is 320 g/mol. The zero-order valence-corrected chi connectivity index (χ0v) is 17.1. The molecule has 140 valence electrons. The number of likely N-dealkylation sites (N-methyl/N-ethyl adjacent to an activating group) is 1. The molecule has 0 aromatic heterocycles. The van der Waals surface area contributed by atoms with E-state index in [0.29, 0.717) is 6.54 Å². The maximum Gasteiger partial charge on any atom is 0.279 e. The Kier molecular flexibility index (Phi) is 6.60. The van der Waals surface area contributed by atoms with Gasteiger partial charge in [-0.2, -0.15) is 0 Å². The Bertz CT molecular complexity index is 742. The second-order valence-electron chi connectivity index (χ2n) is 8.27. The molecule has 0 aliphatic carbocycles. The summed E-state index contributed by atoms with van der Waals surface area (Å²) in [6, 6.07) is 14.9. The third-order valence-electron chi connectivity index (χ3n) is 4.79. The number of anilines is 1. The summed E-state index contributed by atoms with van der Waals surface area (Å²) in [5.74, 6) is 0.0674. The van der Waals surface area contributed by atoms with Crippen LogP contribution in [0.5, 0.6) is 0 Å². The molecule has 0 saturated carbocycles. The van der Waals surface area contributed by atoms with Gasteiger partial charge in [0.05, 0.1) is 7.05 Å². The number of rotatable bonds is 6.